The third kappa shape index (κ3) is 4.84. The summed E-state index contributed by atoms with van der Waals surface area (Å²) in [7, 11) is 0. The second-order valence-corrected chi connectivity index (χ2v) is 5.52. The predicted molar refractivity (Wildman–Crippen MR) is 80.0 cm³/mol. The number of ether oxygens (including phenoxy) is 1. The molecule has 106 valence electrons. The van der Waals surface area contributed by atoms with Crippen LogP contribution in [-0.4, -0.2) is 44.2 Å². The van der Waals surface area contributed by atoms with E-state index in [9.17, 15) is 0 Å². The maximum atomic E-state index is 5.79. The van der Waals surface area contributed by atoms with Gasteiger partial charge < -0.3 is 15.0 Å². The van der Waals surface area contributed by atoms with E-state index in [1.54, 1.807) is 0 Å². The Morgan fingerprint density at radius 2 is 1.84 bits per heavy atom. The molecule has 1 heterocycles. The molecule has 1 aliphatic heterocycles. The molecular formula is C16H26N2O. The Kier molecular flexibility index (Phi) is 5.67. The fourth-order valence-corrected chi connectivity index (χ4v) is 2.36. The number of nitrogens with zero attached hydrogens (tertiary/aromatic N) is 1. The minimum Gasteiger partial charge on any atom is -0.494 e. The molecule has 1 fully saturated rings. The second-order valence-electron chi connectivity index (χ2n) is 5.52. The van der Waals surface area contributed by atoms with Crippen molar-refractivity contribution >= 4 is 0 Å². The van der Waals surface area contributed by atoms with Gasteiger partial charge in [0.1, 0.15) is 5.75 Å². The molecule has 1 aromatic rings. The van der Waals surface area contributed by atoms with Crippen molar-refractivity contribution < 1.29 is 4.74 Å². The van der Waals surface area contributed by atoms with E-state index in [1.165, 1.54) is 18.7 Å². The van der Waals surface area contributed by atoms with Crippen molar-refractivity contribution in [3.05, 3.63) is 29.8 Å². The third-order valence-electron chi connectivity index (χ3n) is 3.64. The molecule has 0 radical (unpaired) electrons. The Balaban J connectivity index is 1.64. The normalized spacial score (nSPS) is 16.8. The van der Waals surface area contributed by atoms with Gasteiger partial charge in [0.2, 0.25) is 0 Å². The van der Waals surface area contributed by atoms with Gasteiger partial charge >= 0.3 is 0 Å². The van der Waals surface area contributed by atoms with Gasteiger partial charge in [0.15, 0.2) is 0 Å². The lowest BCUT2D eigenvalue weighted by atomic mass is 10.0. The number of nitrogens with one attached hydrogen (secondary N) is 1. The van der Waals surface area contributed by atoms with Gasteiger partial charge in [-0.1, -0.05) is 26.0 Å². The number of hydrogen-bond donors (Lipinski definition) is 1. The van der Waals surface area contributed by atoms with Crippen molar-refractivity contribution in [2.24, 2.45) is 0 Å². The highest BCUT2D eigenvalue weighted by Gasteiger charge is 2.08. The molecule has 1 N–H and O–H groups in total. The van der Waals surface area contributed by atoms with Crippen LogP contribution in [0.1, 0.15) is 31.7 Å². The largest absolute Gasteiger partial charge is 0.494 e. The molecule has 0 aliphatic carbocycles. The molecule has 19 heavy (non-hydrogen) atoms. The first-order valence-electron chi connectivity index (χ1n) is 7.41. The molecule has 2 rings (SSSR count). The van der Waals surface area contributed by atoms with E-state index < -0.39 is 0 Å². The van der Waals surface area contributed by atoms with Crippen molar-refractivity contribution in [3.8, 4) is 5.75 Å². The summed E-state index contributed by atoms with van der Waals surface area (Å²) in [6, 6.07) is 8.49. The number of rotatable bonds is 6. The van der Waals surface area contributed by atoms with Crippen LogP contribution in [0.4, 0.5) is 0 Å². The van der Waals surface area contributed by atoms with Crippen molar-refractivity contribution in [1.29, 1.82) is 0 Å². The molecule has 0 saturated carbocycles. The molecule has 0 spiro atoms. The third-order valence-corrected chi connectivity index (χ3v) is 3.64. The van der Waals surface area contributed by atoms with Crippen LogP contribution < -0.4 is 10.1 Å². The molecule has 1 aliphatic rings. The maximum Gasteiger partial charge on any atom is 0.119 e. The van der Waals surface area contributed by atoms with E-state index in [0.29, 0.717) is 5.92 Å². The standard InChI is InChI=1S/C16H26N2O/c1-14(2)15-4-6-16(7-5-15)19-13-3-10-18-11-8-17-9-12-18/h4-7,14,17H,3,8-13H2,1-2H3. The van der Waals surface area contributed by atoms with Gasteiger partial charge in [0.25, 0.3) is 0 Å². The van der Waals surface area contributed by atoms with Gasteiger partial charge in [-0.15, -0.1) is 0 Å². The zero-order valence-electron chi connectivity index (χ0n) is 12.2. The predicted octanol–water partition coefficient (Wildman–Crippen LogP) is 2.48. The summed E-state index contributed by atoms with van der Waals surface area (Å²) in [5.74, 6) is 1.58. The molecule has 0 unspecified atom stereocenters. The van der Waals surface area contributed by atoms with Crippen molar-refractivity contribution in [2.45, 2.75) is 26.2 Å². The number of benzene rings is 1. The highest BCUT2D eigenvalue weighted by molar-refractivity contribution is 5.28. The van der Waals surface area contributed by atoms with E-state index in [1.807, 2.05) is 0 Å². The summed E-state index contributed by atoms with van der Waals surface area (Å²) in [5.41, 5.74) is 1.37. The van der Waals surface area contributed by atoms with E-state index >= 15 is 0 Å². The summed E-state index contributed by atoms with van der Waals surface area (Å²) >= 11 is 0. The Bertz CT molecular complexity index is 356. The highest BCUT2D eigenvalue weighted by atomic mass is 16.5. The average Bonchev–Trinajstić information content (AvgIpc) is 2.45. The zero-order valence-corrected chi connectivity index (χ0v) is 12.2. The molecule has 0 bridgehead atoms. The van der Waals surface area contributed by atoms with Gasteiger partial charge in [0.05, 0.1) is 6.61 Å². The number of hydrogen-bond acceptors (Lipinski definition) is 3. The molecule has 3 heteroatoms. The van der Waals surface area contributed by atoms with Crippen LogP contribution in [0.15, 0.2) is 24.3 Å². The summed E-state index contributed by atoms with van der Waals surface area (Å²) in [4.78, 5) is 2.50. The lowest BCUT2D eigenvalue weighted by molar-refractivity contribution is 0.214. The summed E-state index contributed by atoms with van der Waals surface area (Å²) < 4.78 is 5.79. The second kappa shape index (κ2) is 7.51. The average molecular weight is 262 g/mol. The topological polar surface area (TPSA) is 24.5 Å². The lowest BCUT2D eigenvalue weighted by Crippen LogP contribution is -2.43. The van der Waals surface area contributed by atoms with Gasteiger partial charge in [-0.2, -0.15) is 0 Å². The molecule has 3 nitrogen and oxygen atoms in total. The smallest absolute Gasteiger partial charge is 0.119 e. The van der Waals surface area contributed by atoms with E-state index in [0.717, 1.165) is 38.4 Å². The Morgan fingerprint density at radius 1 is 1.16 bits per heavy atom. The first-order chi connectivity index (χ1) is 9.25. The van der Waals surface area contributed by atoms with Crippen molar-refractivity contribution in [1.82, 2.24) is 10.2 Å². The Hall–Kier alpha value is -1.06. The lowest BCUT2D eigenvalue weighted by Gasteiger charge is -2.26. The molecule has 1 saturated heterocycles. The van der Waals surface area contributed by atoms with Crippen LogP contribution in [0.5, 0.6) is 5.75 Å². The van der Waals surface area contributed by atoms with Crippen molar-refractivity contribution in [2.75, 3.05) is 39.3 Å². The SMILES string of the molecule is CC(C)c1ccc(OCCCN2CCNCC2)cc1. The fourth-order valence-electron chi connectivity index (χ4n) is 2.36. The minimum atomic E-state index is 0.585. The molecule has 0 amide bonds. The van der Waals surface area contributed by atoms with Crippen LogP contribution >= 0.6 is 0 Å². The highest BCUT2D eigenvalue weighted by Crippen LogP contribution is 2.18. The van der Waals surface area contributed by atoms with E-state index in [2.05, 4.69) is 48.3 Å². The van der Waals surface area contributed by atoms with Crippen LogP contribution in [0.3, 0.4) is 0 Å². The van der Waals surface area contributed by atoms with E-state index in [-0.39, 0.29) is 0 Å². The van der Waals surface area contributed by atoms with Crippen LogP contribution in [0.2, 0.25) is 0 Å². The van der Waals surface area contributed by atoms with E-state index in [4.69, 9.17) is 4.74 Å². The van der Waals surface area contributed by atoms with Crippen LogP contribution in [-0.2, 0) is 0 Å². The summed E-state index contributed by atoms with van der Waals surface area (Å²) in [6.07, 6.45) is 1.10. The van der Waals surface area contributed by atoms with Crippen molar-refractivity contribution in [3.63, 3.8) is 0 Å². The van der Waals surface area contributed by atoms with Gasteiger partial charge in [0, 0.05) is 32.7 Å². The van der Waals surface area contributed by atoms with Gasteiger partial charge in [-0.3, -0.25) is 0 Å². The minimum absolute atomic E-state index is 0.585. The van der Waals surface area contributed by atoms with Crippen LogP contribution in [0, 0.1) is 0 Å². The van der Waals surface area contributed by atoms with Crippen LogP contribution in [0.25, 0.3) is 0 Å². The number of piperazine rings is 1. The summed E-state index contributed by atoms with van der Waals surface area (Å²) in [6.45, 7) is 11.0. The molecule has 0 atom stereocenters. The fraction of sp³-hybridized carbons (Fsp3) is 0.625. The maximum absolute atomic E-state index is 5.79. The Labute approximate surface area is 116 Å². The zero-order chi connectivity index (χ0) is 13.5. The molecule has 1 aromatic carbocycles. The molecule has 0 aromatic heterocycles. The molecular weight excluding hydrogens is 236 g/mol. The summed E-state index contributed by atoms with van der Waals surface area (Å²) in [5, 5.41) is 3.37. The van der Waals surface area contributed by atoms with Gasteiger partial charge in [-0.05, 0) is 30.0 Å². The van der Waals surface area contributed by atoms with Gasteiger partial charge in [-0.25, -0.2) is 0 Å². The first kappa shape index (κ1) is 14.4. The quantitative estimate of drug-likeness (QED) is 0.797. The monoisotopic (exact) mass is 262 g/mol. The first-order valence-corrected chi connectivity index (χ1v) is 7.41. The Morgan fingerprint density at radius 3 is 2.47 bits per heavy atom.